The summed E-state index contributed by atoms with van der Waals surface area (Å²) in [4.78, 5) is 19.6. The van der Waals surface area contributed by atoms with E-state index in [-0.39, 0.29) is 162 Å². The van der Waals surface area contributed by atoms with E-state index in [0.717, 1.165) is 116 Å². The van der Waals surface area contributed by atoms with Gasteiger partial charge in [-0.3, -0.25) is 0 Å². The second-order valence-electron chi connectivity index (χ2n) is 46.1. The molecule has 0 spiro atoms. The molecule has 12 nitrogen and oxygen atoms in total. The Labute approximate surface area is 988 Å². The molecule has 4 heterocycles. The molecular formula is C124H192ErLuN8O4ScSi4Y-8. The van der Waals surface area contributed by atoms with Crippen molar-refractivity contribution >= 4 is 75.8 Å². The number of likely N-dealkylation sites (tertiary alicyclic amines) is 4. The molecule has 0 amide bonds. The van der Waals surface area contributed by atoms with Crippen LogP contribution in [0.1, 0.15) is 202 Å². The summed E-state index contributed by atoms with van der Waals surface area (Å²) >= 11 is 0. The average Bonchev–Trinajstić information content (AvgIpc) is 1.61. The van der Waals surface area contributed by atoms with Crippen molar-refractivity contribution in [3.63, 3.8) is 0 Å². The predicted molar refractivity (Wildman–Crippen MR) is 621 cm³/mol. The van der Waals surface area contributed by atoms with Gasteiger partial charge < -0.3 is 89.3 Å². The molecule has 4 N–H and O–H groups in total. The second kappa shape index (κ2) is 61.8. The van der Waals surface area contributed by atoms with Crippen molar-refractivity contribution in [1.29, 1.82) is 0 Å². The summed E-state index contributed by atoms with van der Waals surface area (Å²) in [7, 11) is 9.47. The van der Waals surface area contributed by atoms with Crippen LogP contribution in [0.2, 0.25) is 74.5 Å². The quantitative estimate of drug-likeness (QED) is 0.0547. The topological polar surface area (TPSA) is 107 Å². The number of benzene rings is 8. The van der Waals surface area contributed by atoms with Crippen molar-refractivity contribution in [2.75, 3.05) is 128 Å². The summed E-state index contributed by atoms with van der Waals surface area (Å²) in [6.45, 7) is 46.4. The molecular weight excluding hydrogens is 2250 g/mol. The first kappa shape index (κ1) is 131. The van der Waals surface area contributed by atoms with Crippen LogP contribution < -0.4 is 40.3 Å². The summed E-state index contributed by atoms with van der Waals surface area (Å²) < 4.78 is 0. The van der Waals surface area contributed by atoms with Gasteiger partial charge in [0.25, 0.3) is 0 Å². The molecule has 16 unspecified atom stereocenters. The van der Waals surface area contributed by atoms with Gasteiger partial charge in [0, 0.05) is 157 Å². The fraction of sp³-hybridized carbons (Fsp3) is 0.548. The average molecular weight is 2450 g/mol. The number of phenolic OH excluding ortho intramolecular Hbond substituents is 4. The van der Waals surface area contributed by atoms with Crippen molar-refractivity contribution in [2.45, 2.75) is 278 Å². The fourth-order valence-corrected chi connectivity index (χ4v) is 45.0. The van der Waals surface area contributed by atoms with Gasteiger partial charge in [0.1, 0.15) is 23.0 Å². The number of hydrogen-bond donors (Lipinski definition) is 4. The zero-order chi connectivity index (χ0) is 97.2. The number of fused-ring (bicyclic) bond motifs is 4. The van der Waals surface area contributed by atoms with Crippen molar-refractivity contribution in [3.8, 4) is 23.0 Å². The first-order valence-corrected chi connectivity index (χ1v) is 66.0. The SMILES string of the molecule is C[Si](C)(c1ccccc1O)C1CC(N2CCCC2)C2CCCCC21.C[Si](C)(c1ccccc1O)C1CC(N2CCCC2)C2CCCCC21.C[Si](C)(c1ccccc1O)C1CC(N2CCCC2)C2CCCCC21.C[Si](C)(c1ccccc1O)C1CC(N2CCCC2)C2CCCCC21.[CH2-]c1ccccc1N(C)C.[CH2-]c1ccccc1N(C)C.[CH2-]c1ccccc1N(C)C.[CH2-]c1ccccc1N(C)C.[CH3-].[CH3-].[CH3-].[CH3-].[Er].[Lu].[Sc].[Y]. The number of phenols is 4. The number of para-hydroxylation sites is 8. The molecule has 20 heteroatoms. The second-order valence-corrected chi connectivity index (χ2v) is 65.0. The van der Waals surface area contributed by atoms with Crippen LogP contribution >= 0.6 is 0 Å². The van der Waals surface area contributed by atoms with Crippen molar-refractivity contribution in [2.24, 2.45) is 47.3 Å². The fourth-order valence-electron chi connectivity index (χ4n) is 29.1. The van der Waals surface area contributed by atoms with Crippen LogP contribution in [0, 0.1) is 179 Å². The molecule has 8 aliphatic carbocycles. The number of anilines is 4. The predicted octanol–water partition coefficient (Wildman–Crippen LogP) is 26.9. The van der Waals surface area contributed by atoms with E-state index in [4.69, 9.17) is 0 Å². The zero-order valence-corrected chi connectivity index (χ0v) is 105. The van der Waals surface area contributed by atoms with Crippen LogP contribution in [0.15, 0.2) is 194 Å². The van der Waals surface area contributed by atoms with Gasteiger partial charge in [-0.1, -0.05) is 274 Å². The van der Waals surface area contributed by atoms with Crippen molar-refractivity contribution in [1.82, 2.24) is 19.6 Å². The molecule has 4 aliphatic heterocycles. The Morgan fingerprint density at radius 2 is 0.389 bits per heavy atom. The van der Waals surface area contributed by atoms with Crippen LogP contribution in [-0.4, -0.2) is 205 Å². The molecule has 12 aliphatic rings. The van der Waals surface area contributed by atoms with E-state index in [0.29, 0.717) is 23.0 Å². The minimum absolute atomic E-state index is 0. The van der Waals surface area contributed by atoms with Gasteiger partial charge in [-0.05, 0) is 326 Å². The van der Waals surface area contributed by atoms with Gasteiger partial charge >= 0.3 is 0 Å². The van der Waals surface area contributed by atoms with Crippen LogP contribution in [0.5, 0.6) is 23.0 Å². The Hall–Kier alpha value is -3.20. The molecule has 8 aromatic carbocycles. The smallest absolute Gasteiger partial charge is 0.114 e. The monoisotopic (exact) mass is 2440 g/mol. The van der Waals surface area contributed by atoms with Gasteiger partial charge in [-0.25, -0.2) is 0 Å². The van der Waals surface area contributed by atoms with E-state index in [9.17, 15) is 20.4 Å². The van der Waals surface area contributed by atoms with E-state index in [1.54, 1.807) is 0 Å². The third-order valence-corrected chi connectivity index (χ3v) is 53.3. The minimum Gasteiger partial charge on any atom is -0.508 e. The summed E-state index contributed by atoms with van der Waals surface area (Å²) in [5, 5.41) is 47.2. The Kier molecular flexibility index (Phi) is 56.3. The van der Waals surface area contributed by atoms with Gasteiger partial charge in [0.2, 0.25) is 0 Å². The van der Waals surface area contributed by atoms with E-state index in [2.05, 4.69) is 192 Å². The molecule has 20 rings (SSSR count). The molecule has 0 aromatic heterocycles. The van der Waals surface area contributed by atoms with E-state index < -0.39 is 32.3 Å². The zero-order valence-electron chi connectivity index (χ0n) is 93.1. The molecule has 16 atom stereocenters. The molecule has 12 fully saturated rings. The molecule has 0 bridgehead atoms. The maximum atomic E-state index is 10.5. The maximum absolute atomic E-state index is 10.5. The van der Waals surface area contributed by atoms with Gasteiger partial charge in [0.05, 0.1) is 32.3 Å². The summed E-state index contributed by atoms with van der Waals surface area (Å²) in [5.74, 6) is 9.54. The summed E-state index contributed by atoms with van der Waals surface area (Å²) in [6, 6.07) is 68.4. The molecule has 8 saturated carbocycles. The van der Waals surface area contributed by atoms with Crippen molar-refractivity contribution in [3.05, 3.63) is 274 Å². The molecule has 809 valence electrons. The largest absolute Gasteiger partial charge is 0.508 e. The normalized spacial score (nSPS) is 25.6. The number of hydrogen-bond acceptors (Lipinski definition) is 12. The van der Waals surface area contributed by atoms with Crippen LogP contribution in [0.25, 0.3) is 0 Å². The van der Waals surface area contributed by atoms with Gasteiger partial charge in [-0.15, -0.1) is 24.3 Å². The van der Waals surface area contributed by atoms with Gasteiger partial charge in [0.15, 0.2) is 0 Å². The Balaban J connectivity index is 0.000000296. The Bertz CT molecular complexity index is 4390. The number of nitrogens with zero attached hydrogens (tertiary/aromatic N) is 8. The number of rotatable bonds is 16. The molecule has 8 aromatic rings. The minimum atomic E-state index is -1.67. The molecule has 4 saturated heterocycles. The molecule has 3 radical (unpaired) electrons. The third kappa shape index (κ3) is 32.5. The van der Waals surface area contributed by atoms with Crippen molar-refractivity contribution < 1.29 is 153 Å². The Morgan fingerprint density at radius 3 is 0.535 bits per heavy atom. The summed E-state index contributed by atoms with van der Waals surface area (Å²) in [5.41, 5.74) is 12.4. The number of aromatic hydroxyl groups is 4. The van der Waals surface area contributed by atoms with E-state index in [1.165, 1.54) is 276 Å². The van der Waals surface area contributed by atoms with Gasteiger partial charge in [-0.2, -0.15) is 74.2 Å². The third-order valence-electron chi connectivity index (χ3n) is 36.0. The van der Waals surface area contributed by atoms with E-state index in [1.807, 2.05) is 178 Å². The van der Waals surface area contributed by atoms with Crippen LogP contribution in [0.3, 0.4) is 0 Å². The van der Waals surface area contributed by atoms with Crippen LogP contribution in [0.4, 0.5) is 22.7 Å². The Morgan fingerprint density at radius 1 is 0.243 bits per heavy atom. The summed E-state index contributed by atoms with van der Waals surface area (Å²) in [6.07, 6.45) is 39.8. The van der Waals surface area contributed by atoms with Crippen LogP contribution in [-0.2, 0) is 58.6 Å². The first-order chi connectivity index (χ1) is 65.2. The standard InChI is InChI=1S/4C21H33NOSi.4C9H12N.4CH3.Er.Lu.Sc.Y/c4*1-24(2,20-12-6-5-11-19(20)23)21-15-18(22-13-7-8-14-22)16-9-3-4-10-17(16)21;4*1-8-6-4-5-7-9(8)10(2)3;;;;;;;;/h4*5-6,11-12,16-18,21,23H,3-4,7-10,13-15H2,1-2H3;4*4-7H,1H2,2-3H3;4*1H3;;;;/q;;;;8*-1;;;;. The maximum Gasteiger partial charge on any atom is 0.114 e. The first-order valence-electron chi connectivity index (χ1n) is 53.6. The van der Waals surface area contributed by atoms with E-state index >= 15 is 0 Å². The molecule has 144 heavy (non-hydrogen) atoms.